The van der Waals surface area contributed by atoms with Crippen molar-refractivity contribution in [1.29, 1.82) is 0 Å². The third-order valence-electron chi connectivity index (χ3n) is 6.77. The van der Waals surface area contributed by atoms with Gasteiger partial charge in [0.2, 0.25) is 0 Å². The summed E-state index contributed by atoms with van der Waals surface area (Å²) < 4.78 is 14.4. The Morgan fingerprint density at radius 3 is 2.22 bits per heavy atom. The van der Waals surface area contributed by atoms with Gasteiger partial charge in [-0.05, 0) is 73.4 Å². The summed E-state index contributed by atoms with van der Waals surface area (Å²) in [6.07, 6.45) is 3.25. The lowest BCUT2D eigenvalue weighted by atomic mass is 9.96. The number of benzene rings is 3. The first-order valence-corrected chi connectivity index (χ1v) is 13.1. The van der Waals surface area contributed by atoms with Crippen molar-refractivity contribution in [1.82, 2.24) is 4.90 Å². The molecule has 0 atom stereocenters. The van der Waals surface area contributed by atoms with Gasteiger partial charge in [-0.15, -0.1) is 0 Å². The maximum atomic E-state index is 14.4. The van der Waals surface area contributed by atoms with Gasteiger partial charge < -0.3 is 4.90 Å². The highest BCUT2D eigenvalue weighted by molar-refractivity contribution is 6.03. The van der Waals surface area contributed by atoms with Crippen LogP contribution in [0.15, 0.2) is 101 Å². The number of amidine groups is 1. The fourth-order valence-corrected chi connectivity index (χ4v) is 4.61. The van der Waals surface area contributed by atoms with Gasteiger partial charge in [0.15, 0.2) is 0 Å². The molecule has 3 heteroatoms. The fraction of sp³-hybridized carbons (Fsp3) is 0.303. The summed E-state index contributed by atoms with van der Waals surface area (Å²) in [7, 11) is 0. The molecule has 0 aliphatic carbocycles. The zero-order valence-corrected chi connectivity index (χ0v) is 22.4. The van der Waals surface area contributed by atoms with E-state index in [1.54, 1.807) is 6.07 Å². The van der Waals surface area contributed by atoms with Crippen LogP contribution >= 0.6 is 0 Å². The highest BCUT2D eigenvalue weighted by atomic mass is 19.1. The zero-order chi connectivity index (χ0) is 26.1. The molecule has 1 aliphatic heterocycles. The second-order valence-electron chi connectivity index (χ2n) is 8.89. The largest absolute Gasteiger partial charge is 0.326 e. The van der Waals surface area contributed by atoms with E-state index in [2.05, 4.69) is 74.7 Å². The lowest BCUT2D eigenvalue weighted by Gasteiger charge is -2.35. The van der Waals surface area contributed by atoms with E-state index >= 15 is 0 Å². The van der Waals surface area contributed by atoms with Gasteiger partial charge in [0, 0.05) is 23.5 Å². The molecule has 1 aliphatic rings. The summed E-state index contributed by atoms with van der Waals surface area (Å²) >= 11 is 0. The maximum absolute atomic E-state index is 14.4. The van der Waals surface area contributed by atoms with Gasteiger partial charge in [-0.2, -0.15) is 0 Å². The fourth-order valence-electron chi connectivity index (χ4n) is 4.61. The number of hydrogen-bond acceptors (Lipinski definition) is 2. The highest BCUT2D eigenvalue weighted by Gasteiger charge is 2.27. The van der Waals surface area contributed by atoms with Gasteiger partial charge in [0.25, 0.3) is 0 Å². The Balaban J connectivity index is 0.00000176. The number of rotatable bonds is 8. The summed E-state index contributed by atoms with van der Waals surface area (Å²) in [6, 6.07) is 23.9. The van der Waals surface area contributed by atoms with Gasteiger partial charge in [0.05, 0.1) is 0 Å². The van der Waals surface area contributed by atoms with Crippen molar-refractivity contribution >= 4 is 5.84 Å². The van der Waals surface area contributed by atoms with Crippen molar-refractivity contribution in [2.45, 2.75) is 60.3 Å². The molecular weight excluding hydrogens is 443 g/mol. The van der Waals surface area contributed by atoms with Crippen LogP contribution in [0.2, 0.25) is 0 Å². The molecule has 0 aromatic heterocycles. The van der Waals surface area contributed by atoms with Gasteiger partial charge in [-0.1, -0.05) is 94.1 Å². The van der Waals surface area contributed by atoms with Crippen molar-refractivity contribution in [3.8, 4) is 0 Å². The Kier molecular flexibility index (Phi) is 9.81. The predicted molar refractivity (Wildman–Crippen MR) is 152 cm³/mol. The topological polar surface area (TPSA) is 15.6 Å². The van der Waals surface area contributed by atoms with Crippen LogP contribution in [0.3, 0.4) is 0 Å². The van der Waals surface area contributed by atoms with Crippen molar-refractivity contribution in [3.05, 3.63) is 130 Å². The van der Waals surface area contributed by atoms with Gasteiger partial charge in [-0.25, -0.2) is 9.38 Å². The molecule has 0 fully saturated rings. The third-order valence-corrected chi connectivity index (χ3v) is 6.77. The van der Waals surface area contributed by atoms with E-state index in [1.165, 1.54) is 28.3 Å². The molecule has 0 unspecified atom stereocenters. The third kappa shape index (κ3) is 6.20. The van der Waals surface area contributed by atoms with Crippen LogP contribution in [0.5, 0.6) is 0 Å². The van der Waals surface area contributed by atoms with Crippen LogP contribution in [0.25, 0.3) is 0 Å². The number of aliphatic imine (C=N–C) groups is 1. The molecule has 3 aromatic carbocycles. The van der Waals surface area contributed by atoms with Crippen LogP contribution in [0.1, 0.15) is 61.4 Å². The Morgan fingerprint density at radius 2 is 1.53 bits per heavy atom. The Morgan fingerprint density at radius 1 is 0.833 bits per heavy atom. The molecule has 0 bridgehead atoms. The average Bonchev–Trinajstić information content (AvgIpc) is 2.91. The smallest absolute Gasteiger partial charge is 0.140 e. The molecular formula is C33H39FN2. The first kappa shape index (κ1) is 27.1. The van der Waals surface area contributed by atoms with Crippen molar-refractivity contribution in [2.75, 3.05) is 6.54 Å². The Labute approximate surface area is 216 Å². The summed E-state index contributed by atoms with van der Waals surface area (Å²) in [5.74, 6) is 0.757. The normalized spacial score (nSPS) is 13.3. The summed E-state index contributed by atoms with van der Waals surface area (Å²) in [5, 5.41) is 0. The summed E-state index contributed by atoms with van der Waals surface area (Å²) in [6.45, 7) is 15.6. The zero-order valence-electron chi connectivity index (χ0n) is 22.4. The van der Waals surface area contributed by atoms with Gasteiger partial charge in [0.1, 0.15) is 11.7 Å². The molecule has 2 nitrogen and oxygen atoms in total. The molecule has 0 radical (unpaired) electrons. The number of nitrogens with zero attached hydrogens (tertiary/aromatic N) is 2. The molecule has 4 rings (SSSR count). The second-order valence-corrected chi connectivity index (χ2v) is 8.89. The molecule has 0 amide bonds. The SMILES string of the molecule is C=C1C(CC)=C(CCc2ccccc2)N=C(c2cccc(C)c2C)N1CCc1ccccc1F.CC. The minimum absolute atomic E-state index is 0.162. The molecule has 3 aromatic rings. The number of allylic oxidation sites excluding steroid dienone is 2. The van der Waals surface area contributed by atoms with E-state index < -0.39 is 0 Å². The van der Waals surface area contributed by atoms with Gasteiger partial charge >= 0.3 is 0 Å². The van der Waals surface area contributed by atoms with Crippen molar-refractivity contribution in [3.63, 3.8) is 0 Å². The Hall–Kier alpha value is -3.46. The Bertz CT molecular complexity index is 1240. The second kappa shape index (κ2) is 13.0. The number of hydrogen-bond donors (Lipinski definition) is 0. The average molecular weight is 483 g/mol. The van der Waals surface area contributed by atoms with Gasteiger partial charge in [-0.3, -0.25) is 0 Å². The van der Waals surface area contributed by atoms with E-state index in [9.17, 15) is 4.39 Å². The summed E-state index contributed by atoms with van der Waals surface area (Å²) in [5.41, 5.74) is 8.86. The molecule has 1 heterocycles. The van der Waals surface area contributed by atoms with Crippen LogP contribution in [-0.4, -0.2) is 17.3 Å². The highest BCUT2D eigenvalue weighted by Crippen LogP contribution is 2.33. The van der Waals surface area contributed by atoms with E-state index in [4.69, 9.17) is 4.99 Å². The predicted octanol–water partition coefficient (Wildman–Crippen LogP) is 8.58. The van der Waals surface area contributed by atoms with E-state index in [0.717, 1.165) is 42.1 Å². The van der Waals surface area contributed by atoms with Crippen LogP contribution in [0.4, 0.5) is 4.39 Å². The maximum Gasteiger partial charge on any atom is 0.140 e. The van der Waals surface area contributed by atoms with Crippen LogP contribution < -0.4 is 0 Å². The monoisotopic (exact) mass is 482 g/mol. The van der Waals surface area contributed by atoms with Crippen LogP contribution in [0, 0.1) is 19.7 Å². The first-order chi connectivity index (χ1) is 17.5. The minimum atomic E-state index is -0.162. The molecule has 0 spiro atoms. The summed E-state index contributed by atoms with van der Waals surface area (Å²) in [4.78, 5) is 7.45. The standard InChI is InChI=1S/C31H33FN2.C2H6/c1-5-27-24(4)34(21-20-26-15-9-10-17-29(26)32)31(28-16-11-12-22(2)23(28)3)33-30(27)19-18-25-13-7-6-8-14-25;1-2/h6-17H,4-5,18-21H2,1-3H3;1-2H3. The lowest BCUT2D eigenvalue weighted by Crippen LogP contribution is -2.36. The van der Waals surface area contributed by atoms with Crippen molar-refractivity contribution < 1.29 is 4.39 Å². The number of halogens is 1. The first-order valence-electron chi connectivity index (χ1n) is 13.1. The molecule has 0 N–H and O–H groups in total. The lowest BCUT2D eigenvalue weighted by molar-refractivity contribution is 0.500. The molecule has 188 valence electrons. The van der Waals surface area contributed by atoms with E-state index in [-0.39, 0.29) is 5.82 Å². The van der Waals surface area contributed by atoms with Crippen molar-refractivity contribution in [2.24, 2.45) is 4.99 Å². The molecule has 0 saturated carbocycles. The van der Waals surface area contributed by atoms with E-state index in [0.29, 0.717) is 18.5 Å². The minimum Gasteiger partial charge on any atom is -0.326 e. The molecule has 36 heavy (non-hydrogen) atoms. The van der Waals surface area contributed by atoms with E-state index in [1.807, 2.05) is 32.0 Å². The number of aryl methyl sites for hydroxylation is 2. The molecule has 0 saturated heterocycles. The van der Waals surface area contributed by atoms with Crippen LogP contribution in [-0.2, 0) is 12.8 Å². The quantitative estimate of drug-likeness (QED) is 0.314.